The van der Waals surface area contributed by atoms with Crippen LogP contribution in [0.1, 0.15) is 31.3 Å². The number of esters is 1. The molecule has 4 rings (SSSR count). The Hall–Kier alpha value is -3.85. The molecule has 174 valence electrons. The van der Waals surface area contributed by atoms with Crippen molar-refractivity contribution in [1.82, 2.24) is 14.8 Å². The second-order valence-electron chi connectivity index (χ2n) is 8.22. The molecule has 0 saturated heterocycles. The van der Waals surface area contributed by atoms with E-state index in [0.717, 1.165) is 11.3 Å². The van der Waals surface area contributed by atoms with E-state index in [4.69, 9.17) is 4.74 Å². The number of fused-ring (bicyclic) bond motifs is 1. The Morgan fingerprint density at radius 2 is 1.71 bits per heavy atom. The SMILES string of the molecule is CC(C)Cn1nc(C(=O)OC(C)C(=O)Nc2nc(-c3ccccc3)cs2)c2ccccc2c1=O. The second-order valence-corrected chi connectivity index (χ2v) is 9.07. The third-order valence-corrected chi connectivity index (χ3v) is 5.81. The number of hydrogen-bond donors (Lipinski definition) is 1. The number of amides is 1. The van der Waals surface area contributed by atoms with Gasteiger partial charge in [-0.05, 0) is 18.9 Å². The molecule has 0 fully saturated rings. The van der Waals surface area contributed by atoms with E-state index in [9.17, 15) is 14.4 Å². The van der Waals surface area contributed by atoms with Gasteiger partial charge in [0.05, 0.1) is 11.1 Å². The van der Waals surface area contributed by atoms with Crippen LogP contribution in [0.3, 0.4) is 0 Å². The van der Waals surface area contributed by atoms with E-state index in [2.05, 4.69) is 15.4 Å². The number of anilines is 1. The molecule has 0 radical (unpaired) electrons. The van der Waals surface area contributed by atoms with Crippen molar-refractivity contribution in [2.45, 2.75) is 33.4 Å². The Labute approximate surface area is 200 Å². The van der Waals surface area contributed by atoms with Crippen LogP contribution in [0.25, 0.3) is 22.0 Å². The molecule has 1 unspecified atom stereocenters. The molecule has 1 amide bonds. The van der Waals surface area contributed by atoms with Crippen LogP contribution in [0.5, 0.6) is 0 Å². The zero-order valence-electron chi connectivity index (χ0n) is 19.0. The van der Waals surface area contributed by atoms with Gasteiger partial charge in [0.2, 0.25) is 0 Å². The van der Waals surface area contributed by atoms with Crippen LogP contribution < -0.4 is 10.9 Å². The number of nitrogens with one attached hydrogen (secondary N) is 1. The van der Waals surface area contributed by atoms with Crippen LogP contribution in [-0.2, 0) is 16.1 Å². The number of thiazole rings is 1. The van der Waals surface area contributed by atoms with Crippen LogP contribution in [-0.4, -0.2) is 32.7 Å². The first-order valence-corrected chi connectivity index (χ1v) is 11.7. The van der Waals surface area contributed by atoms with Crippen LogP contribution in [0.4, 0.5) is 5.13 Å². The predicted molar refractivity (Wildman–Crippen MR) is 132 cm³/mol. The summed E-state index contributed by atoms with van der Waals surface area (Å²) in [6.45, 7) is 5.74. The van der Waals surface area contributed by atoms with Crippen molar-refractivity contribution in [1.29, 1.82) is 0 Å². The average Bonchev–Trinajstić information content (AvgIpc) is 3.29. The van der Waals surface area contributed by atoms with E-state index < -0.39 is 18.0 Å². The molecule has 0 aliphatic heterocycles. The van der Waals surface area contributed by atoms with E-state index in [1.165, 1.54) is 22.9 Å². The second kappa shape index (κ2) is 9.96. The maximum absolute atomic E-state index is 13.0. The number of hydrogen-bond acceptors (Lipinski definition) is 7. The highest BCUT2D eigenvalue weighted by Crippen LogP contribution is 2.25. The van der Waals surface area contributed by atoms with Gasteiger partial charge in [-0.2, -0.15) is 5.10 Å². The van der Waals surface area contributed by atoms with E-state index >= 15 is 0 Å². The maximum Gasteiger partial charge on any atom is 0.360 e. The zero-order valence-corrected chi connectivity index (χ0v) is 19.8. The lowest BCUT2D eigenvalue weighted by Crippen LogP contribution is -2.32. The lowest BCUT2D eigenvalue weighted by Gasteiger charge is -2.15. The number of rotatable bonds is 7. The Bertz CT molecular complexity index is 1400. The Balaban J connectivity index is 1.51. The number of carbonyl (C=O) groups excluding carboxylic acids is 2. The van der Waals surface area contributed by atoms with Crippen LogP contribution in [0.2, 0.25) is 0 Å². The highest BCUT2D eigenvalue weighted by atomic mass is 32.1. The van der Waals surface area contributed by atoms with Crippen molar-refractivity contribution in [3.63, 3.8) is 0 Å². The monoisotopic (exact) mass is 476 g/mol. The fraction of sp³-hybridized carbons (Fsp3) is 0.240. The predicted octanol–water partition coefficient (Wildman–Crippen LogP) is 4.36. The molecule has 2 aromatic heterocycles. The third kappa shape index (κ3) is 5.04. The summed E-state index contributed by atoms with van der Waals surface area (Å²) in [5.41, 5.74) is 1.41. The standard InChI is InChI=1S/C25H24N4O4S/c1-15(2)13-29-23(31)19-12-8-7-11-18(19)21(28-29)24(32)33-16(3)22(30)27-25-26-20(14-34-25)17-9-5-4-6-10-17/h4-12,14-16H,13H2,1-3H3,(H,26,27,30). The van der Waals surface area contributed by atoms with E-state index in [1.807, 2.05) is 49.6 Å². The average molecular weight is 477 g/mol. The van der Waals surface area contributed by atoms with Gasteiger partial charge in [-0.3, -0.25) is 14.9 Å². The van der Waals surface area contributed by atoms with Crippen molar-refractivity contribution >= 4 is 39.1 Å². The van der Waals surface area contributed by atoms with Gasteiger partial charge >= 0.3 is 5.97 Å². The van der Waals surface area contributed by atoms with Crippen molar-refractivity contribution in [2.24, 2.45) is 5.92 Å². The summed E-state index contributed by atoms with van der Waals surface area (Å²) in [5, 5.41) is 9.96. The van der Waals surface area contributed by atoms with Crippen molar-refractivity contribution < 1.29 is 14.3 Å². The molecular weight excluding hydrogens is 452 g/mol. The van der Waals surface area contributed by atoms with E-state index in [1.54, 1.807) is 24.3 Å². The molecule has 0 bridgehead atoms. The molecule has 0 aliphatic rings. The molecule has 34 heavy (non-hydrogen) atoms. The van der Waals surface area contributed by atoms with E-state index in [-0.39, 0.29) is 17.2 Å². The highest BCUT2D eigenvalue weighted by molar-refractivity contribution is 7.14. The number of benzene rings is 2. The first kappa shape index (κ1) is 23.3. The molecular formula is C25H24N4O4S. The normalized spacial score (nSPS) is 12.0. The largest absolute Gasteiger partial charge is 0.448 e. The summed E-state index contributed by atoms with van der Waals surface area (Å²) in [5.74, 6) is -1.14. The Morgan fingerprint density at radius 1 is 1.03 bits per heavy atom. The Morgan fingerprint density at radius 3 is 2.41 bits per heavy atom. The lowest BCUT2D eigenvalue weighted by molar-refractivity contribution is -0.123. The van der Waals surface area contributed by atoms with Gasteiger partial charge in [0.1, 0.15) is 0 Å². The zero-order chi connectivity index (χ0) is 24.2. The topological polar surface area (TPSA) is 103 Å². The Kier molecular flexibility index (Phi) is 6.83. The van der Waals surface area contributed by atoms with E-state index in [0.29, 0.717) is 22.4 Å². The lowest BCUT2D eigenvalue weighted by atomic mass is 10.1. The first-order chi connectivity index (χ1) is 16.3. The summed E-state index contributed by atoms with van der Waals surface area (Å²) in [6.07, 6.45) is -1.09. The first-order valence-electron chi connectivity index (χ1n) is 10.9. The van der Waals surface area contributed by atoms with Crippen molar-refractivity contribution in [3.05, 3.63) is 76.0 Å². The summed E-state index contributed by atoms with van der Waals surface area (Å²) >= 11 is 1.28. The molecule has 0 aliphatic carbocycles. The van der Waals surface area contributed by atoms with Gasteiger partial charge in [-0.15, -0.1) is 11.3 Å². The molecule has 8 nitrogen and oxygen atoms in total. The van der Waals surface area contributed by atoms with Crippen molar-refractivity contribution in [2.75, 3.05) is 5.32 Å². The number of nitrogens with zero attached hydrogens (tertiary/aromatic N) is 3. The van der Waals surface area contributed by atoms with Gasteiger partial charge in [-0.25, -0.2) is 14.5 Å². The van der Waals surface area contributed by atoms with Crippen LogP contribution >= 0.6 is 11.3 Å². The van der Waals surface area contributed by atoms with Gasteiger partial charge in [-0.1, -0.05) is 62.4 Å². The highest BCUT2D eigenvalue weighted by Gasteiger charge is 2.24. The molecule has 2 aromatic carbocycles. The molecule has 0 spiro atoms. The van der Waals surface area contributed by atoms with Gasteiger partial charge in [0, 0.05) is 22.9 Å². The van der Waals surface area contributed by atoms with Gasteiger partial charge < -0.3 is 4.74 Å². The van der Waals surface area contributed by atoms with Crippen molar-refractivity contribution in [3.8, 4) is 11.3 Å². The smallest absolute Gasteiger partial charge is 0.360 e. The summed E-state index contributed by atoms with van der Waals surface area (Å²) < 4.78 is 6.69. The molecule has 2 heterocycles. The molecule has 1 N–H and O–H groups in total. The minimum Gasteiger partial charge on any atom is -0.448 e. The minimum absolute atomic E-state index is 0.00360. The number of carbonyl (C=O) groups is 2. The summed E-state index contributed by atoms with van der Waals surface area (Å²) in [4.78, 5) is 42.8. The number of ether oxygens (including phenoxy) is 1. The van der Waals surface area contributed by atoms with Gasteiger partial charge in [0.15, 0.2) is 16.9 Å². The number of aromatic nitrogens is 3. The summed E-state index contributed by atoms with van der Waals surface area (Å²) in [6, 6.07) is 16.3. The maximum atomic E-state index is 13.0. The van der Waals surface area contributed by atoms with Crippen LogP contribution in [0.15, 0.2) is 64.8 Å². The third-order valence-electron chi connectivity index (χ3n) is 5.06. The summed E-state index contributed by atoms with van der Waals surface area (Å²) in [7, 11) is 0. The fourth-order valence-electron chi connectivity index (χ4n) is 3.41. The molecule has 4 aromatic rings. The quantitative estimate of drug-likeness (QED) is 0.398. The van der Waals surface area contributed by atoms with Gasteiger partial charge in [0.25, 0.3) is 11.5 Å². The van der Waals surface area contributed by atoms with Crippen LogP contribution in [0, 0.1) is 5.92 Å². The molecule has 9 heteroatoms. The molecule has 0 saturated carbocycles. The molecule has 1 atom stereocenters. The minimum atomic E-state index is -1.09. The fourth-order valence-corrected chi connectivity index (χ4v) is 4.13.